The standard InChI is InChI=1S/C10H13FO2.BrH/c1-13-10-8(5-3-7-12)4-2-6-9(10)11;/h2,4,6,12H,3,5,7H2,1H3;1H. The number of ether oxygens (including phenoxy) is 1. The van der Waals surface area contributed by atoms with E-state index in [0.717, 1.165) is 5.56 Å². The maximum atomic E-state index is 13.1. The van der Waals surface area contributed by atoms with Crippen LogP contribution in [0.5, 0.6) is 5.75 Å². The Hall–Kier alpha value is -0.610. The van der Waals surface area contributed by atoms with Gasteiger partial charge in [0.2, 0.25) is 0 Å². The van der Waals surface area contributed by atoms with E-state index >= 15 is 0 Å². The van der Waals surface area contributed by atoms with Crippen LogP contribution < -0.4 is 4.74 Å². The van der Waals surface area contributed by atoms with Crippen molar-refractivity contribution in [2.75, 3.05) is 13.7 Å². The van der Waals surface area contributed by atoms with Crippen LogP contribution in [0.25, 0.3) is 0 Å². The molecule has 4 heteroatoms. The lowest BCUT2D eigenvalue weighted by atomic mass is 10.1. The van der Waals surface area contributed by atoms with Gasteiger partial charge in [-0.15, -0.1) is 17.0 Å². The van der Waals surface area contributed by atoms with E-state index in [0.29, 0.717) is 12.8 Å². The van der Waals surface area contributed by atoms with E-state index in [1.807, 2.05) is 0 Å². The van der Waals surface area contributed by atoms with Gasteiger partial charge in [-0.3, -0.25) is 0 Å². The third-order valence-electron chi connectivity index (χ3n) is 1.86. The first kappa shape index (κ1) is 13.4. The Labute approximate surface area is 93.5 Å². The number of methoxy groups -OCH3 is 1. The molecule has 0 radical (unpaired) electrons. The molecule has 0 aromatic heterocycles. The summed E-state index contributed by atoms with van der Waals surface area (Å²) in [6, 6.07) is 4.81. The largest absolute Gasteiger partial charge is 0.493 e. The average molecular weight is 265 g/mol. The molecule has 1 aromatic rings. The molecule has 0 aliphatic rings. The number of aliphatic hydroxyl groups excluding tert-OH is 1. The second-order valence-electron chi connectivity index (χ2n) is 2.76. The van der Waals surface area contributed by atoms with Crippen molar-refractivity contribution in [3.63, 3.8) is 0 Å². The molecule has 1 aromatic carbocycles. The number of para-hydroxylation sites is 1. The number of aliphatic hydroxyl groups is 1. The Kier molecular flexibility index (Phi) is 6.49. The van der Waals surface area contributed by atoms with Gasteiger partial charge in [-0.2, -0.15) is 0 Å². The molecule has 0 heterocycles. The summed E-state index contributed by atoms with van der Waals surface area (Å²) in [4.78, 5) is 0. The Morgan fingerprint density at radius 1 is 1.43 bits per heavy atom. The van der Waals surface area contributed by atoms with Crippen LogP contribution in [0.2, 0.25) is 0 Å². The number of rotatable bonds is 4. The second-order valence-corrected chi connectivity index (χ2v) is 2.76. The minimum atomic E-state index is -0.349. The molecule has 0 saturated heterocycles. The monoisotopic (exact) mass is 264 g/mol. The van der Waals surface area contributed by atoms with Crippen molar-refractivity contribution in [1.82, 2.24) is 0 Å². The van der Waals surface area contributed by atoms with E-state index in [2.05, 4.69) is 0 Å². The maximum Gasteiger partial charge on any atom is 0.165 e. The fourth-order valence-corrected chi connectivity index (χ4v) is 1.25. The first-order chi connectivity index (χ1) is 6.29. The second kappa shape index (κ2) is 6.79. The molecule has 1 rings (SSSR count). The van der Waals surface area contributed by atoms with Crippen LogP contribution in [0.15, 0.2) is 18.2 Å². The summed E-state index contributed by atoms with van der Waals surface area (Å²) in [5.74, 6) is -0.0612. The van der Waals surface area contributed by atoms with Crippen molar-refractivity contribution in [3.8, 4) is 5.75 Å². The van der Waals surface area contributed by atoms with E-state index in [1.165, 1.54) is 13.2 Å². The van der Waals surface area contributed by atoms with Crippen molar-refractivity contribution >= 4 is 17.0 Å². The summed E-state index contributed by atoms with van der Waals surface area (Å²) in [5, 5.41) is 8.63. The fourth-order valence-electron chi connectivity index (χ4n) is 1.25. The van der Waals surface area contributed by atoms with Crippen LogP contribution in [0.4, 0.5) is 4.39 Å². The molecule has 0 atom stereocenters. The van der Waals surface area contributed by atoms with Crippen molar-refractivity contribution in [3.05, 3.63) is 29.6 Å². The van der Waals surface area contributed by atoms with E-state index in [9.17, 15) is 4.39 Å². The van der Waals surface area contributed by atoms with Gasteiger partial charge < -0.3 is 9.84 Å². The van der Waals surface area contributed by atoms with E-state index in [4.69, 9.17) is 9.84 Å². The number of hydrogen-bond acceptors (Lipinski definition) is 2. The number of benzene rings is 1. The highest BCUT2D eigenvalue weighted by Crippen LogP contribution is 2.23. The first-order valence-electron chi connectivity index (χ1n) is 4.22. The van der Waals surface area contributed by atoms with Gasteiger partial charge in [0.15, 0.2) is 11.6 Å². The zero-order valence-corrected chi connectivity index (χ0v) is 9.71. The normalized spacial score (nSPS) is 9.36. The fraction of sp³-hybridized carbons (Fsp3) is 0.400. The Balaban J connectivity index is 0.00000169. The third kappa shape index (κ3) is 3.27. The van der Waals surface area contributed by atoms with Gasteiger partial charge >= 0.3 is 0 Å². The lowest BCUT2D eigenvalue weighted by Gasteiger charge is -2.07. The maximum absolute atomic E-state index is 13.1. The summed E-state index contributed by atoms with van der Waals surface area (Å²) in [6.07, 6.45) is 1.26. The molecule has 1 N–H and O–H groups in total. The number of hydrogen-bond donors (Lipinski definition) is 1. The Morgan fingerprint density at radius 3 is 2.71 bits per heavy atom. The van der Waals surface area contributed by atoms with E-state index in [-0.39, 0.29) is 35.2 Å². The Bertz CT molecular complexity index is 279. The molecule has 0 spiro atoms. The van der Waals surface area contributed by atoms with Gasteiger partial charge in [0.1, 0.15) is 0 Å². The highest BCUT2D eigenvalue weighted by Gasteiger charge is 2.07. The summed E-state index contributed by atoms with van der Waals surface area (Å²) in [5.41, 5.74) is 0.802. The van der Waals surface area contributed by atoms with Gasteiger partial charge in [0, 0.05) is 6.61 Å². The van der Waals surface area contributed by atoms with Crippen LogP contribution in [-0.4, -0.2) is 18.8 Å². The molecule has 80 valence electrons. The van der Waals surface area contributed by atoms with Crippen LogP contribution >= 0.6 is 17.0 Å². The number of aryl methyl sites for hydroxylation is 1. The van der Waals surface area contributed by atoms with Gasteiger partial charge in [-0.25, -0.2) is 4.39 Å². The highest BCUT2D eigenvalue weighted by atomic mass is 79.9. The molecule has 0 saturated carbocycles. The molecule has 0 amide bonds. The molecule has 0 bridgehead atoms. The number of halogens is 2. The Morgan fingerprint density at radius 2 is 2.14 bits per heavy atom. The minimum absolute atomic E-state index is 0. The van der Waals surface area contributed by atoms with Crippen LogP contribution in [0.3, 0.4) is 0 Å². The molecule has 0 aliphatic carbocycles. The van der Waals surface area contributed by atoms with Crippen LogP contribution in [0.1, 0.15) is 12.0 Å². The van der Waals surface area contributed by atoms with Crippen LogP contribution in [-0.2, 0) is 6.42 Å². The average Bonchev–Trinajstić information content (AvgIpc) is 2.15. The van der Waals surface area contributed by atoms with Gasteiger partial charge in [-0.1, -0.05) is 12.1 Å². The lowest BCUT2D eigenvalue weighted by molar-refractivity contribution is 0.287. The van der Waals surface area contributed by atoms with E-state index in [1.54, 1.807) is 12.1 Å². The van der Waals surface area contributed by atoms with Crippen molar-refractivity contribution in [2.24, 2.45) is 0 Å². The van der Waals surface area contributed by atoms with Crippen molar-refractivity contribution < 1.29 is 14.2 Å². The lowest BCUT2D eigenvalue weighted by Crippen LogP contribution is -1.96. The highest BCUT2D eigenvalue weighted by molar-refractivity contribution is 8.93. The minimum Gasteiger partial charge on any atom is -0.493 e. The van der Waals surface area contributed by atoms with Crippen molar-refractivity contribution in [1.29, 1.82) is 0 Å². The predicted octanol–water partition coefficient (Wildman–Crippen LogP) is 2.34. The van der Waals surface area contributed by atoms with Crippen molar-refractivity contribution in [2.45, 2.75) is 12.8 Å². The molecular weight excluding hydrogens is 251 g/mol. The van der Waals surface area contributed by atoms with Crippen LogP contribution in [0, 0.1) is 5.82 Å². The molecule has 14 heavy (non-hydrogen) atoms. The molecule has 2 nitrogen and oxygen atoms in total. The quantitative estimate of drug-likeness (QED) is 0.905. The molecular formula is C10H14BrFO2. The predicted molar refractivity (Wildman–Crippen MR) is 58.7 cm³/mol. The first-order valence-corrected chi connectivity index (χ1v) is 4.22. The topological polar surface area (TPSA) is 29.5 Å². The zero-order valence-electron chi connectivity index (χ0n) is 8.00. The SMILES string of the molecule is Br.COc1c(F)cccc1CCCO. The molecule has 0 unspecified atom stereocenters. The zero-order chi connectivity index (χ0) is 9.68. The molecule has 0 aliphatic heterocycles. The van der Waals surface area contributed by atoms with Gasteiger partial charge in [0.05, 0.1) is 7.11 Å². The summed E-state index contributed by atoms with van der Waals surface area (Å²) >= 11 is 0. The third-order valence-corrected chi connectivity index (χ3v) is 1.86. The van der Waals surface area contributed by atoms with E-state index < -0.39 is 0 Å². The smallest absolute Gasteiger partial charge is 0.165 e. The van der Waals surface area contributed by atoms with Gasteiger partial charge in [-0.05, 0) is 24.5 Å². The van der Waals surface area contributed by atoms with Gasteiger partial charge in [0.25, 0.3) is 0 Å². The summed E-state index contributed by atoms with van der Waals surface area (Å²) in [7, 11) is 1.45. The summed E-state index contributed by atoms with van der Waals surface area (Å²) in [6.45, 7) is 0.111. The summed E-state index contributed by atoms with van der Waals surface area (Å²) < 4.78 is 18.0. The molecule has 0 fully saturated rings.